The van der Waals surface area contributed by atoms with Crippen LogP contribution in [-0.4, -0.2) is 15.7 Å². The summed E-state index contributed by atoms with van der Waals surface area (Å²) in [6.07, 6.45) is 0. The number of hydrogen-bond donors (Lipinski definition) is 0. The monoisotopic (exact) mass is 601 g/mol. The van der Waals surface area contributed by atoms with Crippen molar-refractivity contribution in [1.82, 2.24) is 9.78 Å². The number of anilines is 2. The molecule has 2 aromatic heterocycles. The van der Waals surface area contributed by atoms with Gasteiger partial charge in [-0.25, -0.2) is 4.68 Å². The molecule has 43 heavy (non-hydrogen) atoms. The van der Waals surface area contributed by atoms with Crippen LogP contribution in [0, 0.1) is 6.92 Å². The lowest BCUT2D eigenvalue weighted by molar-refractivity contribution is 0.499. The minimum atomic E-state index is -0.307. The highest BCUT2D eigenvalue weighted by molar-refractivity contribution is 6.42. The van der Waals surface area contributed by atoms with Crippen LogP contribution < -0.4 is 9.80 Å². The number of aryl methyl sites for hydroxylation is 1. The number of hydrogen-bond acceptors (Lipinski definition) is 5. The number of fused-ring (bicyclic) bond motifs is 4. The Labute approximate surface area is 259 Å². The maximum Gasteiger partial charge on any atom is 0.213 e. The Bertz CT molecular complexity index is 2020. The summed E-state index contributed by atoms with van der Waals surface area (Å²) in [7, 11) is 0. The number of rotatable bonds is 5. The standard InChI is InChI=1S/C35H25Cl2N5O/c1-22-32-33(31-19-18-30(43-31)24-16-17-26(36)27(37)20-24)41-29-15-9-8-14-28(29)40(21-23-10-4-2-5-11-23)35(41)38-34(32)42(39-22)25-12-6-3-7-13-25/h2-20,33H,21H2,1H3/t33-/m1/s1. The van der Waals surface area contributed by atoms with Gasteiger partial charge in [0.25, 0.3) is 0 Å². The molecule has 0 radical (unpaired) electrons. The van der Waals surface area contributed by atoms with E-state index in [9.17, 15) is 0 Å². The molecular formula is C35H25Cl2N5O. The lowest BCUT2D eigenvalue weighted by Crippen LogP contribution is -2.42. The third kappa shape index (κ3) is 4.25. The SMILES string of the molecule is Cc1nn(-c2ccccc2)c2c1[C@@H](c1ccc(-c3ccc(Cl)c(Cl)c3)o1)N1C(=N2)N(Cc2ccccc2)c2ccccc21. The molecule has 0 spiro atoms. The summed E-state index contributed by atoms with van der Waals surface area (Å²) >= 11 is 12.6. The molecule has 6 nitrogen and oxygen atoms in total. The number of aliphatic imine (C=N–C) groups is 1. The molecule has 0 aliphatic carbocycles. The average Bonchev–Trinajstić information content (AvgIpc) is 3.74. The molecule has 2 aliphatic rings. The second-order valence-electron chi connectivity index (χ2n) is 10.6. The Morgan fingerprint density at radius 2 is 1.49 bits per heavy atom. The zero-order valence-electron chi connectivity index (χ0n) is 23.2. The molecule has 6 aromatic rings. The Morgan fingerprint density at radius 1 is 0.767 bits per heavy atom. The van der Waals surface area contributed by atoms with Gasteiger partial charge in [0.2, 0.25) is 5.96 Å². The summed E-state index contributed by atoms with van der Waals surface area (Å²) < 4.78 is 8.59. The van der Waals surface area contributed by atoms with Crippen molar-refractivity contribution in [2.24, 2.45) is 4.99 Å². The lowest BCUT2D eigenvalue weighted by atomic mass is 10.0. The van der Waals surface area contributed by atoms with E-state index in [-0.39, 0.29) is 6.04 Å². The summed E-state index contributed by atoms with van der Waals surface area (Å²) in [5.41, 5.74) is 7.04. The highest BCUT2D eigenvalue weighted by Gasteiger charge is 2.45. The molecule has 8 rings (SSSR count). The van der Waals surface area contributed by atoms with E-state index in [0.717, 1.165) is 51.4 Å². The molecule has 210 valence electrons. The first kappa shape index (κ1) is 25.9. The van der Waals surface area contributed by atoms with Crippen LogP contribution in [0.5, 0.6) is 0 Å². The largest absolute Gasteiger partial charge is 0.458 e. The third-order valence-electron chi connectivity index (χ3n) is 7.99. The van der Waals surface area contributed by atoms with Gasteiger partial charge in [0.15, 0.2) is 5.82 Å². The number of furan rings is 1. The van der Waals surface area contributed by atoms with Crippen molar-refractivity contribution < 1.29 is 4.42 Å². The lowest BCUT2D eigenvalue weighted by Gasteiger charge is -2.33. The fraction of sp³-hybridized carbons (Fsp3) is 0.0857. The first-order valence-electron chi connectivity index (χ1n) is 14.1. The molecule has 8 heteroatoms. The first-order valence-corrected chi connectivity index (χ1v) is 14.8. The van der Waals surface area contributed by atoms with E-state index in [2.05, 4.69) is 70.5 Å². The molecule has 4 heterocycles. The van der Waals surface area contributed by atoms with Crippen LogP contribution in [0.15, 0.2) is 125 Å². The van der Waals surface area contributed by atoms with Crippen molar-refractivity contribution in [1.29, 1.82) is 0 Å². The van der Waals surface area contributed by atoms with E-state index in [4.69, 9.17) is 37.7 Å². The fourth-order valence-electron chi connectivity index (χ4n) is 6.03. The molecule has 0 bridgehead atoms. The van der Waals surface area contributed by atoms with Gasteiger partial charge in [0, 0.05) is 5.56 Å². The summed E-state index contributed by atoms with van der Waals surface area (Å²) in [5, 5.41) is 6.00. The number of aromatic nitrogens is 2. The summed E-state index contributed by atoms with van der Waals surface area (Å²) in [6, 6.07) is 38.3. The smallest absolute Gasteiger partial charge is 0.213 e. The van der Waals surface area contributed by atoms with E-state index in [1.54, 1.807) is 6.07 Å². The summed E-state index contributed by atoms with van der Waals surface area (Å²) in [4.78, 5) is 9.91. The Balaban J connectivity index is 1.34. The molecule has 0 unspecified atom stereocenters. The van der Waals surface area contributed by atoms with E-state index >= 15 is 0 Å². The van der Waals surface area contributed by atoms with E-state index in [1.807, 2.05) is 60.1 Å². The number of benzene rings is 4. The van der Waals surface area contributed by atoms with Crippen LogP contribution >= 0.6 is 23.2 Å². The van der Waals surface area contributed by atoms with Gasteiger partial charge in [0.1, 0.15) is 17.6 Å². The van der Waals surface area contributed by atoms with Gasteiger partial charge >= 0.3 is 0 Å². The second kappa shape index (κ2) is 10.2. The molecule has 2 aliphatic heterocycles. The van der Waals surface area contributed by atoms with Crippen LogP contribution in [0.25, 0.3) is 17.0 Å². The minimum absolute atomic E-state index is 0.307. The molecule has 1 atom stereocenters. The van der Waals surface area contributed by atoms with Crippen LogP contribution in [0.1, 0.15) is 28.6 Å². The van der Waals surface area contributed by atoms with Gasteiger partial charge in [-0.05, 0) is 67.1 Å². The molecule has 0 fully saturated rings. The number of halogens is 2. The number of nitrogens with zero attached hydrogens (tertiary/aromatic N) is 5. The highest BCUT2D eigenvalue weighted by atomic mass is 35.5. The van der Waals surface area contributed by atoms with Gasteiger partial charge in [0.05, 0.1) is 44.9 Å². The first-order chi connectivity index (χ1) is 21.1. The van der Waals surface area contributed by atoms with Crippen molar-refractivity contribution >= 4 is 46.4 Å². The fourth-order valence-corrected chi connectivity index (χ4v) is 6.33. The summed E-state index contributed by atoms with van der Waals surface area (Å²) in [6.45, 7) is 2.71. The maximum absolute atomic E-state index is 6.65. The predicted octanol–water partition coefficient (Wildman–Crippen LogP) is 9.36. The zero-order valence-corrected chi connectivity index (χ0v) is 24.7. The predicted molar refractivity (Wildman–Crippen MR) is 173 cm³/mol. The zero-order chi connectivity index (χ0) is 29.1. The van der Waals surface area contributed by atoms with Crippen molar-refractivity contribution in [3.63, 3.8) is 0 Å². The summed E-state index contributed by atoms with van der Waals surface area (Å²) in [5.74, 6) is 3.10. The average molecular weight is 603 g/mol. The second-order valence-corrected chi connectivity index (χ2v) is 11.5. The van der Waals surface area contributed by atoms with Crippen LogP contribution in [0.4, 0.5) is 17.2 Å². The van der Waals surface area contributed by atoms with Crippen molar-refractivity contribution in [2.45, 2.75) is 19.5 Å². The Kier molecular flexibility index (Phi) is 6.14. The van der Waals surface area contributed by atoms with Gasteiger partial charge in [-0.1, -0.05) is 83.9 Å². The van der Waals surface area contributed by atoms with E-state index in [1.165, 1.54) is 5.56 Å². The Hall–Kier alpha value is -4.78. The maximum atomic E-state index is 6.65. The topological polar surface area (TPSA) is 49.8 Å². The van der Waals surface area contributed by atoms with Crippen molar-refractivity contribution in [3.05, 3.63) is 148 Å². The highest BCUT2D eigenvalue weighted by Crippen LogP contribution is 2.51. The van der Waals surface area contributed by atoms with Crippen LogP contribution in [0.2, 0.25) is 10.0 Å². The molecule has 0 saturated carbocycles. The van der Waals surface area contributed by atoms with Gasteiger partial charge < -0.3 is 9.32 Å². The molecule has 4 aromatic carbocycles. The van der Waals surface area contributed by atoms with E-state index in [0.29, 0.717) is 22.4 Å². The number of guanidine groups is 1. The Morgan fingerprint density at radius 3 is 2.26 bits per heavy atom. The molecule has 0 N–H and O–H groups in total. The minimum Gasteiger partial charge on any atom is -0.458 e. The quantitative estimate of drug-likeness (QED) is 0.197. The molecule has 0 amide bonds. The molecule has 0 saturated heterocycles. The van der Waals surface area contributed by atoms with E-state index < -0.39 is 0 Å². The number of para-hydroxylation sites is 3. The van der Waals surface area contributed by atoms with Gasteiger partial charge in [-0.2, -0.15) is 10.1 Å². The van der Waals surface area contributed by atoms with Crippen LogP contribution in [-0.2, 0) is 6.54 Å². The van der Waals surface area contributed by atoms with Gasteiger partial charge in [-0.3, -0.25) is 4.90 Å². The molecular weight excluding hydrogens is 577 g/mol. The third-order valence-corrected chi connectivity index (χ3v) is 8.73. The van der Waals surface area contributed by atoms with Crippen molar-refractivity contribution in [2.75, 3.05) is 9.80 Å². The normalized spacial score (nSPS) is 15.2. The van der Waals surface area contributed by atoms with Crippen LogP contribution in [0.3, 0.4) is 0 Å². The van der Waals surface area contributed by atoms with Crippen molar-refractivity contribution in [3.8, 4) is 17.0 Å². The van der Waals surface area contributed by atoms with Gasteiger partial charge in [-0.15, -0.1) is 0 Å².